The molecule has 1 aliphatic heterocycles. The van der Waals surface area contributed by atoms with Crippen molar-refractivity contribution in [3.8, 4) is 5.75 Å². The van der Waals surface area contributed by atoms with Crippen LogP contribution in [0.15, 0.2) is 61.2 Å². The number of benzene rings is 2. The van der Waals surface area contributed by atoms with E-state index in [1.165, 1.54) is 0 Å². The van der Waals surface area contributed by atoms with Crippen LogP contribution in [0.4, 0.5) is 21.0 Å². The van der Waals surface area contributed by atoms with Gasteiger partial charge in [0.15, 0.2) is 0 Å². The fourth-order valence-electron chi connectivity index (χ4n) is 3.22. The first-order valence-corrected chi connectivity index (χ1v) is 9.56. The van der Waals surface area contributed by atoms with Crippen molar-refractivity contribution in [2.24, 2.45) is 0 Å². The lowest BCUT2D eigenvalue weighted by Crippen LogP contribution is -2.49. The highest BCUT2D eigenvalue weighted by atomic mass is 16.5. The summed E-state index contributed by atoms with van der Waals surface area (Å²) in [5, 5.41) is 5.40. The number of nitrogens with zero attached hydrogens (tertiary/aromatic N) is 2. The van der Waals surface area contributed by atoms with E-state index in [9.17, 15) is 9.59 Å². The molecule has 1 fully saturated rings. The molecule has 0 unspecified atom stereocenters. The van der Waals surface area contributed by atoms with Crippen LogP contribution < -0.4 is 20.3 Å². The number of amides is 4. The molecule has 3 rings (SSSR count). The van der Waals surface area contributed by atoms with Gasteiger partial charge in [0.1, 0.15) is 5.75 Å². The molecule has 0 saturated carbocycles. The SMILES string of the molecule is C=CCNC(=O)Nc1ccc(N2CCCN(Cc3cccc(OC)c3)C2=O)cc1. The summed E-state index contributed by atoms with van der Waals surface area (Å²) in [5.74, 6) is 0.782. The first-order chi connectivity index (χ1) is 14.1. The number of rotatable bonds is 7. The summed E-state index contributed by atoms with van der Waals surface area (Å²) in [4.78, 5) is 28.3. The van der Waals surface area contributed by atoms with Crippen molar-refractivity contribution >= 4 is 23.4 Å². The van der Waals surface area contributed by atoms with Gasteiger partial charge >= 0.3 is 12.1 Å². The van der Waals surface area contributed by atoms with E-state index in [0.29, 0.717) is 25.3 Å². The number of urea groups is 2. The molecule has 2 N–H and O–H groups in total. The molecule has 1 saturated heterocycles. The third-order valence-corrected chi connectivity index (χ3v) is 4.66. The van der Waals surface area contributed by atoms with Crippen LogP contribution in [0.5, 0.6) is 5.75 Å². The van der Waals surface area contributed by atoms with E-state index in [1.807, 2.05) is 41.3 Å². The molecule has 2 aromatic carbocycles. The predicted molar refractivity (Wildman–Crippen MR) is 114 cm³/mol. The monoisotopic (exact) mass is 394 g/mol. The molecule has 4 amide bonds. The Morgan fingerprint density at radius 1 is 1.21 bits per heavy atom. The zero-order valence-electron chi connectivity index (χ0n) is 16.6. The smallest absolute Gasteiger partial charge is 0.324 e. The maximum atomic E-state index is 13.0. The minimum absolute atomic E-state index is 0.0245. The second-order valence-corrected chi connectivity index (χ2v) is 6.73. The van der Waals surface area contributed by atoms with Gasteiger partial charge in [0.2, 0.25) is 0 Å². The van der Waals surface area contributed by atoms with Gasteiger partial charge in [-0.15, -0.1) is 6.58 Å². The molecule has 1 heterocycles. The molecule has 0 aromatic heterocycles. The Kier molecular flexibility index (Phi) is 6.73. The van der Waals surface area contributed by atoms with Crippen LogP contribution in [0.3, 0.4) is 0 Å². The molecule has 152 valence electrons. The van der Waals surface area contributed by atoms with Crippen LogP contribution in [0.1, 0.15) is 12.0 Å². The van der Waals surface area contributed by atoms with Crippen LogP contribution in [0, 0.1) is 0 Å². The van der Waals surface area contributed by atoms with Crippen molar-refractivity contribution in [1.82, 2.24) is 10.2 Å². The summed E-state index contributed by atoms with van der Waals surface area (Å²) < 4.78 is 5.27. The Hall–Kier alpha value is -3.48. The van der Waals surface area contributed by atoms with Crippen LogP contribution >= 0.6 is 0 Å². The quantitative estimate of drug-likeness (QED) is 0.701. The van der Waals surface area contributed by atoms with Gasteiger partial charge in [0, 0.05) is 37.6 Å². The van der Waals surface area contributed by atoms with Gasteiger partial charge in [0.05, 0.1) is 7.11 Å². The minimum Gasteiger partial charge on any atom is -0.497 e. The van der Waals surface area contributed by atoms with Crippen LogP contribution in [0.25, 0.3) is 0 Å². The first-order valence-electron chi connectivity index (χ1n) is 9.56. The van der Waals surface area contributed by atoms with E-state index in [1.54, 1.807) is 30.2 Å². The van der Waals surface area contributed by atoms with Crippen molar-refractivity contribution in [3.05, 3.63) is 66.7 Å². The predicted octanol–water partition coefficient (Wildman–Crippen LogP) is 3.84. The number of hydrogen-bond donors (Lipinski definition) is 2. The zero-order chi connectivity index (χ0) is 20.6. The number of hydrogen-bond acceptors (Lipinski definition) is 3. The number of nitrogens with one attached hydrogen (secondary N) is 2. The molecule has 0 radical (unpaired) electrons. The average molecular weight is 394 g/mol. The van der Waals surface area contributed by atoms with E-state index >= 15 is 0 Å². The molecule has 7 heteroatoms. The lowest BCUT2D eigenvalue weighted by molar-refractivity contribution is 0.192. The highest BCUT2D eigenvalue weighted by Gasteiger charge is 2.26. The average Bonchev–Trinajstić information content (AvgIpc) is 2.74. The standard InChI is InChI=1S/C22H26N4O3/c1-3-12-23-21(27)24-18-8-10-19(11-9-18)26-14-5-13-25(22(26)28)16-17-6-4-7-20(15-17)29-2/h3-4,6-11,15H,1,5,12-14,16H2,2H3,(H2,23,24,27). The van der Waals surface area contributed by atoms with E-state index < -0.39 is 0 Å². The third kappa shape index (κ3) is 5.28. The van der Waals surface area contributed by atoms with Crippen molar-refractivity contribution in [2.75, 3.05) is 37.0 Å². The van der Waals surface area contributed by atoms with E-state index in [-0.39, 0.29) is 12.1 Å². The topological polar surface area (TPSA) is 73.9 Å². The Morgan fingerprint density at radius 2 is 2.00 bits per heavy atom. The molecular formula is C22H26N4O3. The molecule has 0 bridgehead atoms. The normalized spacial score (nSPS) is 13.8. The Morgan fingerprint density at radius 3 is 2.72 bits per heavy atom. The third-order valence-electron chi connectivity index (χ3n) is 4.66. The zero-order valence-corrected chi connectivity index (χ0v) is 16.6. The fourth-order valence-corrected chi connectivity index (χ4v) is 3.22. The number of ether oxygens (including phenoxy) is 1. The largest absolute Gasteiger partial charge is 0.497 e. The highest BCUT2D eigenvalue weighted by molar-refractivity contribution is 5.94. The summed E-state index contributed by atoms with van der Waals surface area (Å²) in [7, 11) is 1.63. The minimum atomic E-state index is -0.295. The van der Waals surface area contributed by atoms with Gasteiger partial charge in [-0.1, -0.05) is 18.2 Å². The molecule has 7 nitrogen and oxygen atoms in total. The summed E-state index contributed by atoms with van der Waals surface area (Å²) >= 11 is 0. The first kappa shape index (κ1) is 20.3. The van der Waals surface area contributed by atoms with Crippen molar-refractivity contribution < 1.29 is 14.3 Å². The second-order valence-electron chi connectivity index (χ2n) is 6.73. The second kappa shape index (κ2) is 9.64. The van der Waals surface area contributed by atoms with E-state index in [2.05, 4.69) is 17.2 Å². The summed E-state index contributed by atoms with van der Waals surface area (Å²) in [6.07, 6.45) is 2.50. The van der Waals surface area contributed by atoms with Crippen LogP contribution in [-0.4, -0.2) is 43.7 Å². The molecule has 1 aliphatic rings. The number of carbonyl (C=O) groups excluding carboxylic acids is 2. The van der Waals surface area contributed by atoms with E-state index in [4.69, 9.17) is 4.74 Å². The molecule has 0 aliphatic carbocycles. The maximum absolute atomic E-state index is 13.0. The van der Waals surface area contributed by atoms with Gasteiger partial charge in [0.25, 0.3) is 0 Å². The molecule has 0 atom stereocenters. The summed E-state index contributed by atoms with van der Waals surface area (Å²) in [5.41, 5.74) is 2.50. The van der Waals surface area contributed by atoms with Gasteiger partial charge in [-0.05, 0) is 48.4 Å². The van der Waals surface area contributed by atoms with Crippen LogP contribution in [0.2, 0.25) is 0 Å². The number of methoxy groups -OCH3 is 1. The number of carbonyl (C=O) groups is 2. The van der Waals surface area contributed by atoms with Gasteiger partial charge in [-0.2, -0.15) is 0 Å². The van der Waals surface area contributed by atoms with Gasteiger partial charge in [-0.3, -0.25) is 4.90 Å². The highest BCUT2D eigenvalue weighted by Crippen LogP contribution is 2.24. The molecule has 2 aromatic rings. The van der Waals surface area contributed by atoms with Crippen molar-refractivity contribution in [3.63, 3.8) is 0 Å². The van der Waals surface area contributed by atoms with Gasteiger partial charge < -0.3 is 20.3 Å². The van der Waals surface area contributed by atoms with Crippen molar-refractivity contribution in [2.45, 2.75) is 13.0 Å². The van der Waals surface area contributed by atoms with Crippen LogP contribution in [-0.2, 0) is 6.54 Å². The lowest BCUT2D eigenvalue weighted by atomic mass is 10.1. The Bertz CT molecular complexity index is 867. The van der Waals surface area contributed by atoms with E-state index in [0.717, 1.165) is 30.0 Å². The Balaban J connectivity index is 1.65. The number of anilines is 2. The van der Waals surface area contributed by atoms with Gasteiger partial charge in [-0.25, -0.2) is 9.59 Å². The summed E-state index contributed by atoms with van der Waals surface area (Å²) in [6.45, 7) is 5.88. The maximum Gasteiger partial charge on any atom is 0.324 e. The molecule has 0 spiro atoms. The Labute approximate surface area is 170 Å². The molecular weight excluding hydrogens is 368 g/mol. The fraction of sp³-hybridized carbons (Fsp3) is 0.273. The van der Waals surface area contributed by atoms with Crippen molar-refractivity contribution in [1.29, 1.82) is 0 Å². The molecule has 29 heavy (non-hydrogen) atoms. The summed E-state index contributed by atoms with van der Waals surface area (Å²) in [6, 6.07) is 14.7. The lowest BCUT2D eigenvalue weighted by Gasteiger charge is -2.35.